The van der Waals surface area contributed by atoms with Gasteiger partial charge in [-0.1, -0.05) is 23.2 Å². The highest BCUT2D eigenvalue weighted by atomic mass is 35.5. The zero-order chi connectivity index (χ0) is 16.0. The number of anilines is 1. The Kier molecular flexibility index (Phi) is 6.03. The molecule has 1 aromatic rings. The predicted octanol–water partition coefficient (Wildman–Crippen LogP) is 2.40. The Balaban J connectivity index is 2.80. The van der Waals surface area contributed by atoms with Gasteiger partial charge in [0.25, 0.3) is 5.91 Å². The van der Waals surface area contributed by atoms with E-state index in [1.165, 1.54) is 13.0 Å². The Morgan fingerprint density at radius 1 is 1.38 bits per heavy atom. The van der Waals surface area contributed by atoms with E-state index in [0.717, 1.165) is 6.20 Å². The van der Waals surface area contributed by atoms with E-state index in [2.05, 4.69) is 10.6 Å². The Bertz CT molecular complexity index is 638. The van der Waals surface area contributed by atoms with Crippen molar-refractivity contribution in [3.05, 3.63) is 40.0 Å². The lowest BCUT2D eigenvalue weighted by Gasteiger charge is -2.08. The van der Waals surface area contributed by atoms with E-state index in [1.807, 2.05) is 0 Å². The van der Waals surface area contributed by atoms with Crippen LogP contribution < -0.4 is 10.6 Å². The summed E-state index contributed by atoms with van der Waals surface area (Å²) in [4.78, 5) is 22.3. The second kappa shape index (κ2) is 7.53. The molecule has 0 saturated heterocycles. The first-order chi connectivity index (χ1) is 9.85. The number of halogens is 2. The van der Waals surface area contributed by atoms with Gasteiger partial charge in [0.05, 0.1) is 10.0 Å². The number of carboxylic acid groups (broad SMARTS) is 1. The van der Waals surface area contributed by atoms with Gasteiger partial charge in [-0.25, -0.2) is 0 Å². The van der Waals surface area contributed by atoms with Crippen LogP contribution in [0.15, 0.2) is 30.0 Å². The molecule has 1 aromatic carbocycles. The molecule has 0 fully saturated rings. The summed E-state index contributed by atoms with van der Waals surface area (Å²) >= 11 is 11.6. The van der Waals surface area contributed by atoms with E-state index in [4.69, 9.17) is 33.6 Å². The first-order valence-corrected chi connectivity index (χ1v) is 6.46. The summed E-state index contributed by atoms with van der Waals surface area (Å²) in [5, 5.41) is 23.2. The minimum absolute atomic E-state index is 0.269. The van der Waals surface area contributed by atoms with Gasteiger partial charge in [-0.3, -0.25) is 9.59 Å². The van der Waals surface area contributed by atoms with Crippen molar-refractivity contribution in [2.75, 3.05) is 5.32 Å². The predicted molar refractivity (Wildman–Crippen MR) is 79.0 cm³/mol. The quantitative estimate of drug-likeness (QED) is 0.569. The van der Waals surface area contributed by atoms with Gasteiger partial charge < -0.3 is 15.7 Å². The highest BCUT2D eigenvalue weighted by molar-refractivity contribution is 6.42. The van der Waals surface area contributed by atoms with Crippen molar-refractivity contribution in [2.45, 2.75) is 13.0 Å². The molecule has 0 bridgehead atoms. The molecule has 0 aliphatic rings. The molecule has 110 valence electrons. The molecular formula is C13H11Cl2N3O3. The molecule has 0 aliphatic heterocycles. The lowest BCUT2D eigenvalue weighted by atomic mass is 10.2. The number of carbonyl (C=O) groups is 2. The SMILES string of the molecule is CC(NC(=O)/C(C#N)=C\Nc1ccc(Cl)c(Cl)c1)C(=O)O. The second-order valence-electron chi connectivity index (χ2n) is 3.98. The molecule has 0 aliphatic carbocycles. The lowest BCUT2D eigenvalue weighted by molar-refractivity contribution is -0.140. The summed E-state index contributed by atoms with van der Waals surface area (Å²) in [6.45, 7) is 1.29. The maximum absolute atomic E-state index is 11.7. The molecule has 0 saturated carbocycles. The summed E-state index contributed by atoms with van der Waals surface area (Å²) in [7, 11) is 0. The van der Waals surface area contributed by atoms with Crippen molar-refractivity contribution in [2.24, 2.45) is 0 Å². The highest BCUT2D eigenvalue weighted by Crippen LogP contribution is 2.25. The number of hydrogen-bond acceptors (Lipinski definition) is 4. The van der Waals surface area contributed by atoms with Crippen LogP contribution in [0.1, 0.15) is 6.92 Å². The van der Waals surface area contributed by atoms with Crippen molar-refractivity contribution >= 4 is 40.8 Å². The fraction of sp³-hybridized carbons (Fsp3) is 0.154. The Morgan fingerprint density at radius 2 is 2.05 bits per heavy atom. The Labute approximate surface area is 131 Å². The molecule has 8 heteroatoms. The minimum Gasteiger partial charge on any atom is -0.480 e. The maximum Gasteiger partial charge on any atom is 0.325 e. The Hall–Kier alpha value is -2.23. The van der Waals surface area contributed by atoms with Gasteiger partial charge in [0.2, 0.25) is 0 Å². The third-order valence-corrected chi connectivity index (χ3v) is 3.12. The van der Waals surface area contributed by atoms with Gasteiger partial charge >= 0.3 is 5.97 Å². The molecule has 0 spiro atoms. The standard InChI is InChI=1S/C13H11Cl2N3O3/c1-7(13(20)21)18-12(19)8(5-16)6-17-9-2-3-10(14)11(15)4-9/h2-4,6-7,17H,1H3,(H,18,19)(H,20,21)/b8-6-. The normalized spacial score (nSPS) is 12.2. The summed E-state index contributed by atoms with van der Waals surface area (Å²) in [5.74, 6) is -1.99. The number of nitrogens with one attached hydrogen (secondary N) is 2. The van der Waals surface area contributed by atoms with Crippen LogP contribution in [0.5, 0.6) is 0 Å². The van der Waals surface area contributed by atoms with E-state index in [1.54, 1.807) is 18.2 Å². The van der Waals surface area contributed by atoms with Crippen molar-refractivity contribution in [3.63, 3.8) is 0 Å². The first-order valence-electron chi connectivity index (χ1n) is 5.70. The van der Waals surface area contributed by atoms with Gasteiger partial charge in [0.15, 0.2) is 0 Å². The number of nitrogens with zero attached hydrogens (tertiary/aromatic N) is 1. The fourth-order valence-corrected chi connectivity index (χ4v) is 1.52. The van der Waals surface area contributed by atoms with E-state index < -0.39 is 17.9 Å². The number of carboxylic acids is 1. The molecular weight excluding hydrogens is 317 g/mol. The third kappa shape index (κ3) is 4.99. The van der Waals surface area contributed by atoms with E-state index in [0.29, 0.717) is 15.7 Å². The summed E-state index contributed by atoms with van der Waals surface area (Å²) in [6, 6.07) is 5.26. The Morgan fingerprint density at radius 3 is 2.57 bits per heavy atom. The third-order valence-electron chi connectivity index (χ3n) is 2.39. The number of benzene rings is 1. The number of aliphatic carboxylic acids is 1. The number of hydrogen-bond donors (Lipinski definition) is 3. The number of amides is 1. The van der Waals surface area contributed by atoms with Crippen molar-refractivity contribution < 1.29 is 14.7 Å². The molecule has 1 atom stereocenters. The largest absolute Gasteiger partial charge is 0.480 e. The van der Waals surface area contributed by atoms with E-state index in [9.17, 15) is 9.59 Å². The molecule has 6 nitrogen and oxygen atoms in total. The van der Waals surface area contributed by atoms with Gasteiger partial charge in [-0.2, -0.15) is 5.26 Å². The van der Waals surface area contributed by atoms with Gasteiger partial charge in [-0.05, 0) is 25.1 Å². The average Bonchev–Trinajstić information content (AvgIpc) is 2.43. The van der Waals surface area contributed by atoms with Crippen LogP contribution in [0.4, 0.5) is 5.69 Å². The average molecular weight is 328 g/mol. The topological polar surface area (TPSA) is 102 Å². The lowest BCUT2D eigenvalue weighted by Crippen LogP contribution is -2.39. The zero-order valence-electron chi connectivity index (χ0n) is 10.9. The second-order valence-corrected chi connectivity index (χ2v) is 4.79. The summed E-state index contributed by atoms with van der Waals surface area (Å²) in [5.41, 5.74) is 0.255. The summed E-state index contributed by atoms with van der Waals surface area (Å²) in [6.07, 6.45) is 1.16. The first kappa shape index (κ1) is 16.8. The van der Waals surface area contributed by atoms with Crippen molar-refractivity contribution in [1.82, 2.24) is 5.32 Å². The van der Waals surface area contributed by atoms with Crippen LogP contribution in [-0.2, 0) is 9.59 Å². The van der Waals surface area contributed by atoms with Crippen molar-refractivity contribution in [1.29, 1.82) is 5.26 Å². The van der Waals surface area contributed by atoms with Crippen molar-refractivity contribution in [3.8, 4) is 6.07 Å². The van der Waals surface area contributed by atoms with Crippen LogP contribution in [0.2, 0.25) is 10.0 Å². The monoisotopic (exact) mass is 327 g/mol. The summed E-state index contributed by atoms with van der Waals surface area (Å²) < 4.78 is 0. The molecule has 21 heavy (non-hydrogen) atoms. The molecule has 0 aromatic heterocycles. The molecule has 0 heterocycles. The van der Waals surface area contributed by atoms with E-state index >= 15 is 0 Å². The smallest absolute Gasteiger partial charge is 0.325 e. The molecule has 3 N–H and O–H groups in total. The zero-order valence-corrected chi connectivity index (χ0v) is 12.4. The highest BCUT2D eigenvalue weighted by Gasteiger charge is 2.16. The number of carbonyl (C=O) groups excluding carboxylic acids is 1. The fourth-order valence-electron chi connectivity index (χ4n) is 1.23. The molecule has 1 unspecified atom stereocenters. The number of rotatable bonds is 5. The number of nitriles is 1. The van der Waals surface area contributed by atoms with Gasteiger partial charge in [0, 0.05) is 11.9 Å². The van der Waals surface area contributed by atoms with Crippen LogP contribution in [0, 0.1) is 11.3 Å². The van der Waals surface area contributed by atoms with Crippen LogP contribution in [0.25, 0.3) is 0 Å². The van der Waals surface area contributed by atoms with Gasteiger partial charge in [-0.15, -0.1) is 0 Å². The maximum atomic E-state index is 11.7. The van der Waals surface area contributed by atoms with Crippen LogP contribution in [-0.4, -0.2) is 23.0 Å². The molecule has 1 amide bonds. The van der Waals surface area contributed by atoms with Crippen LogP contribution >= 0.6 is 23.2 Å². The molecule has 1 rings (SSSR count). The molecule has 0 radical (unpaired) electrons. The van der Waals surface area contributed by atoms with E-state index in [-0.39, 0.29) is 5.57 Å². The minimum atomic E-state index is -1.20. The van der Waals surface area contributed by atoms with Gasteiger partial charge in [0.1, 0.15) is 17.7 Å². The van der Waals surface area contributed by atoms with Crippen LogP contribution in [0.3, 0.4) is 0 Å².